The molecule has 9 aromatic carbocycles. The van der Waals surface area contributed by atoms with Crippen molar-refractivity contribution in [3.05, 3.63) is 246 Å². The van der Waals surface area contributed by atoms with Crippen LogP contribution in [0.1, 0.15) is 0 Å². The molecule has 8 heteroatoms. The zero-order chi connectivity index (χ0) is 45.1. The summed E-state index contributed by atoms with van der Waals surface area (Å²) in [7, 11) is 0. The summed E-state index contributed by atoms with van der Waals surface area (Å²) in [4.78, 5) is 7.60. The molecule has 0 aliphatic carbocycles. The van der Waals surface area contributed by atoms with Gasteiger partial charge in [0.15, 0.2) is 0 Å². The topological polar surface area (TPSA) is 40.1 Å². The molecule has 1 aliphatic heterocycles. The fourth-order valence-corrected chi connectivity index (χ4v) is 11.3. The zero-order valence-corrected chi connectivity index (χ0v) is 38.9. The van der Waals surface area contributed by atoms with Crippen LogP contribution in [0.15, 0.2) is 243 Å². The van der Waals surface area contributed by atoms with E-state index < -0.39 is 0 Å². The van der Waals surface area contributed by atoms with Crippen molar-refractivity contribution in [3.8, 4) is 56.4 Å². The number of benzene rings is 9. The molecule has 4 heterocycles. The summed E-state index contributed by atoms with van der Waals surface area (Å²) in [5, 5.41) is 2.48. The number of imidazole rings is 1. The average molecular weight is 1050 g/mol. The first-order chi connectivity index (χ1) is 33.7. The van der Waals surface area contributed by atoms with E-state index in [2.05, 4.69) is 262 Å². The normalized spacial score (nSPS) is 12.1. The predicted octanol–water partition coefficient (Wildman–Crippen LogP) is 14.2. The molecular weight excluding hydrogens is 1010 g/mol. The van der Waals surface area contributed by atoms with Crippen molar-refractivity contribution in [2.24, 2.45) is 0 Å². The summed E-state index contributed by atoms with van der Waals surface area (Å²) in [6.07, 6.45) is 0. The van der Waals surface area contributed by atoms with Gasteiger partial charge in [0, 0.05) is 16.3 Å². The van der Waals surface area contributed by atoms with Gasteiger partial charge in [0.25, 0.3) is 0 Å². The van der Waals surface area contributed by atoms with E-state index in [1.807, 2.05) is 18.2 Å². The number of pyridine rings is 1. The van der Waals surface area contributed by atoms with Gasteiger partial charge >= 0.3 is 324 Å². The van der Waals surface area contributed by atoms with Crippen LogP contribution in [0.3, 0.4) is 0 Å². The summed E-state index contributed by atoms with van der Waals surface area (Å²) in [6, 6.07) is 85.9. The van der Waals surface area contributed by atoms with Crippen LogP contribution in [0.2, 0.25) is 0 Å². The molecule has 0 spiro atoms. The van der Waals surface area contributed by atoms with Crippen LogP contribution >= 0.6 is 0 Å². The summed E-state index contributed by atoms with van der Waals surface area (Å²) in [5.74, 6) is 2.01. The predicted molar refractivity (Wildman–Crippen MR) is 275 cm³/mol. The van der Waals surface area contributed by atoms with Gasteiger partial charge in [-0.2, -0.15) is 0 Å². The van der Waals surface area contributed by atoms with Gasteiger partial charge in [0.1, 0.15) is 0 Å². The fraction of sp³-hybridized carbons (Fsp3) is 0. The fourth-order valence-electron chi connectivity index (χ4n) is 10.2. The molecular formula is C60H40BN5OPt. The van der Waals surface area contributed by atoms with Crippen molar-refractivity contribution >= 4 is 56.8 Å². The number of ether oxygens (including phenoxy) is 1. The number of nitrogens with zero attached hydrogens (tertiary/aromatic N) is 5. The Kier molecular flexibility index (Phi) is 9.76. The Morgan fingerprint density at radius 1 is 0.441 bits per heavy atom. The Balaban J connectivity index is 0.916. The van der Waals surface area contributed by atoms with Gasteiger partial charge in [-0.25, -0.2) is 0 Å². The standard InChI is InChI=1S/C60H40BN5O.Pt/c1-4-19-42(20-5-1)44-23-14-24-45(39-44)50-31-16-30-49(43-21-6-2-7-22-43)59(50)64-41-63(54-34-12-13-35-55(54)64)47-27-15-28-48(40-47)67-58-38-18-37-57(62-58)65-56-36-17-32-52-51-29-10-11-33-53(51)66(60(52)56)61(65)46-25-8-3-9-26-46;/h1-40H;. The molecule has 0 atom stereocenters. The molecule has 0 saturated heterocycles. The minimum atomic E-state index is -0.140. The number of para-hydroxylation sites is 5. The van der Waals surface area contributed by atoms with Gasteiger partial charge in [-0.1, -0.05) is 60.7 Å². The Morgan fingerprint density at radius 2 is 1.03 bits per heavy atom. The SMILES string of the molecule is [Pt]=[c]1n(-c2cccc(Oc3cccc(N4B(c5ccccc5)n5c6ccccc6c6cccc4c65)n3)c2)c2ccccc2n1-c1c(-c2ccccc2)cccc1-c1cccc(-c2ccccc2)c1. The van der Waals surface area contributed by atoms with Crippen molar-refractivity contribution < 1.29 is 24.1 Å². The number of rotatable bonds is 9. The second-order valence-electron chi connectivity index (χ2n) is 17.1. The first-order valence-electron chi connectivity index (χ1n) is 22.8. The van der Waals surface area contributed by atoms with E-state index in [9.17, 15) is 0 Å². The van der Waals surface area contributed by atoms with Crippen molar-refractivity contribution in [3.63, 3.8) is 0 Å². The van der Waals surface area contributed by atoms with E-state index in [0.29, 0.717) is 11.6 Å². The molecule has 6 nitrogen and oxygen atoms in total. The monoisotopic (exact) mass is 1050 g/mol. The quantitative estimate of drug-likeness (QED) is 0.135. The molecule has 0 bridgehead atoms. The van der Waals surface area contributed by atoms with Crippen LogP contribution in [0.25, 0.3) is 77.6 Å². The van der Waals surface area contributed by atoms with Crippen molar-refractivity contribution in [1.29, 1.82) is 0 Å². The number of fused-ring (bicyclic) bond motifs is 4. The van der Waals surface area contributed by atoms with E-state index >= 15 is 0 Å². The number of hydrogen-bond acceptors (Lipinski definition) is 3. The number of aromatic nitrogens is 4. The van der Waals surface area contributed by atoms with Crippen molar-refractivity contribution in [2.45, 2.75) is 0 Å². The number of hydrogen-bond donors (Lipinski definition) is 0. The van der Waals surface area contributed by atoms with Crippen LogP contribution in [0, 0.1) is 3.80 Å². The molecule has 0 fully saturated rings. The van der Waals surface area contributed by atoms with Crippen LogP contribution < -0.4 is 15.0 Å². The molecule has 12 aromatic rings. The molecule has 0 unspecified atom stereocenters. The third kappa shape index (κ3) is 6.61. The molecule has 68 heavy (non-hydrogen) atoms. The van der Waals surface area contributed by atoms with E-state index in [-0.39, 0.29) is 6.98 Å². The minimum absolute atomic E-state index is 0.140. The number of anilines is 2. The average Bonchev–Trinajstić information content (AvgIpc) is 4.04. The van der Waals surface area contributed by atoms with E-state index in [1.165, 1.54) is 38.4 Å². The maximum atomic E-state index is 6.76. The summed E-state index contributed by atoms with van der Waals surface area (Å²) in [6.45, 7) is -0.140. The Morgan fingerprint density at radius 3 is 1.82 bits per heavy atom. The molecule has 3 aromatic heterocycles. The summed E-state index contributed by atoms with van der Waals surface area (Å²) < 4.78 is 15.0. The Bertz CT molecular complexity index is 3940. The third-order valence-corrected chi connectivity index (χ3v) is 14.2. The maximum absolute atomic E-state index is 6.76. The zero-order valence-electron chi connectivity index (χ0n) is 36.6. The second-order valence-corrected chi connectivity index (χ2v) is 18.1. The van der Waals surface area contributed by atoms with Crippen molar-refractivity contribution in [1.82, 2.24) is 18.6 Å². The van der Waals surface area contributed by atoms with Crippen LogP contribution in [-0.2, 0) is 19.4 Å². The molecule has 0 radical (unpaired) electrons. The van der Waals surface area contributed by atoms with Gasteiger partial charge in [0.2, 0.25) is 0 Å². The van der Waals surface area contributed by atoms with E-state index in [1.54, 1.807) is 0 Å². The molecule has 0 saturated carbocycles. The molecule has 324 valence electrons. The van der Waals surface area contributed by atoms with Gasteiger partial charge in [-0.05, 0) is 6.07 Å². The van der Waals surface area contributed by atoms with Crippen molar-refractivity contribution in [2.75, 3.05) is 4.81 Å². The Labute approximate surface area is 404 Å². The van der Waals surface area contributed by atoms with Gasteiger partial charge < -0.3 is 0 Å². The molecule has 0 amide bonds. The van der Waals surface area contributed by atoms with Gasteiger partial charge in [-0.3, -0.25) is 0 Å². The first kappa shape index (κ1) is 40.1. The summed E-state index contributed by atoms with van der Waals surface area (Å²) >= 11 is 2.51. The first-order valence-corrected chi connectivity index (χ1v) is 24.0. The van der Waals surface area contributed by atoms with Crippen LogP contribution in [0.4, 0.5) is 11.5 Å². The van der Waals surface area contributed by atoms with Crippen LogP contribution in [0.5, 0.6) is 11.6 Å². The molecule has 0 N–H and O–H groups in total. The molecule has 13 rings (SSSR count). The summed E-state index contributed by atoms with van der Waals surface area (Å²) in [5.41, 5.74) is 15.9. The van der Waals surface area contributed by atoms with Gasteiger partial charge in [0.05, 0.1) is 0 Å². The Hall–Kier alpha value is -8.25. The van der Waals surface area contributed by atoms with E-state index in [0.717, 1.165) is 60.0 Å². The van der Waals surface area contributed by atoms with Crippen LogP contribution in [-0.4, -0.2) is 25.6 Å². The second kappa shape index (κ2) is 16.6. The van der Waals surface area contributed by atoms with Gasteiger partial charge in [-0.15, -0.1) is 0 Å². The molecule has 1 aliphatic rings. The third-order valence-electron chi connectivity index (χ3n) is 13.1. The van der Waals surface area contributed by atoms with E-state index in [4.69, 9.17) is 9.72 Å².